The normalized spacial score (nSPS) is 11.7. The molecule has 1 aliphatic rings. The Balaban J connectivity index is 1.53. The number of ether oxygens (including phenoxy) is 1. The van der Waals surface area contributed by atoms with Crippen molar-refractivity contribution >= 4 is 11.4 Å². The summed E-state index contributed by atoms with van der Waals surface area (Å²) in [7, 11) is 0. The molecule has 0 atom stereocenters. The Labute approximate surface area is 157 Å². The first kappa shape index (κ1) is 15.6. The molecule has 130 valence electrons. The van der Waals surface area contributed by atoms with Gasteiger partial charge >= 0.3 is 0 Å². The van der Waals surface area contributed by atoms with E-state index in [2.05, 4.69) is 45.6 Å². The third-order valence-electron chi connectivity index (χ3n) is 4.66. The van der Waals surface area contributed by atoms with E-state index in [1.54, 1.807) is 6.20 Å². The molecular weight excluding hydrogens is 334 g/mol. The number of nitrogens with zero attached hydrogens (tertiary/aromatic N) is 2. The molecule has 4 heteroatoms. The third-order valence-corrected chi connectivity index (χ3v) is 4.66. The zero-order valence-corrected chi connectivity index (χ0v) is 14.8. The lowest BCUT2D eigenvalue weighted by molar-refractivity contribution is 0.481. The van der Waals surface area contributed by atoms with Crippen molar-refractivity contribution in [2.45, 2.75) is 6.92 Å². The Morgan fingerprint density at radius 3 is 2.41 bits per heavy atom. The van der Waals surface area contributed by atoms with Crippen LogP contribution in [0.5, 0.6) is 11.5 Å². The standard InChI is InChI=1S/C23H17N3O/c1-15-24-14-13-19(25-15)17-11-9-16(10-12-17)18-5-4-8-22-23(18)26-20-6-2-3-7-21(20)27-22/h2-14,26H,1H3. The molecular formula is C23H17N3O. The van der Waals surface area contributed by atoms with E-state index in [-0.39, 0.29) is 0 Å². The molecule has 0 saturated carbocycles. The molecule has 1 aromatic heterocycles. The summed E-state index contributed by atoms with van der Waals surface area (Å²) >= 11 is 0. The minimum Gasteiger partial charge on any atom is -0.453 e. The Bertz CT molecular complexity index is 1140. The zero-order chi connectivity index (χ0) is 18.2. The molecule has 0 bridgehead atoms. The van der Waals surface area contributed by atoms with Crippen molar-refractivity contribution in [3.63, 3.8) is 0 Å². The minimum atomic E-state index is 0.772. The fourth-order valence-electron chi connectivity index (χ4n) is 3.34. The second kappa shape index (κ2) is 6.25. The summed E-state index contributed by atoms with van der Waals surface area (Å²) in [5, 5.41) is 3.52. The maximum absolute atomic E-state index is 6.07. The molecule has 0 amide bonds. The van der Waals surface area contributed by atoms with Crippen LogP contribution in [0, 0.1) is 6.92 Å². The molecule has 5 rings (SSSR count). The summed E-state index contributed by atoms with van der Waals surface area (Å²) in [5.74, 6) is 2.45. The fourth-order valence-corrected chi connectivity index (χ4v) is 3.34. The minimum absolute atomic E-state index is 0.772. The lowest BCUT2D eigenvalue weighted by Gasteiger charge is -2.24. The zero-order valence-electron chi connectivity index (χ0n) is 14.8. The van der Waals surface area contributed by atoms with Crippen LogP contribution >= 0.6 is 0 Å². The summed E-state index contributed by atoms with van der Waals surface area (Å²) in [6.07, 6.45) is 1.79. The van der Waals surface area contributed by atoms with Crippen LogP contribution in [-0.4, -0.2) is 9.97 Å². The second-order valence-corrected chi connectivity index (χ2v) is 6.47. The van der Waals surface area contributed by atoms with Gasteiger partial charge in [-0.15, -0.1) is 0 Å². The largest absolute Gasteiger partial charge is 0.453 e. The summed E-state index contributed by atoms with van der Waals surface area (Å²) in [5.41, 5.74) is 6.19. The molecule has 0 fully saturated rings. The van der Waals surface area contributed by atoms with E-state index in [0.29, 0.717) is 0 Å². The molecule has 4 aromatic rings. The van der Waals surface area contributed by atoms with Crippen molar-refractivity contribution in [2.24, 2.45) is 0 Å². The number of rotatable bonds is 2. The van der Waals surface area contributed by atoms with Gasteiger partial charge in [-0.3, -0.25) is 0 Å². The van der Waals surface area contributed by atoms with Crippen LogP contribution in [-0.2, 0) is 0 Å². The molecule has 2 heterocycles. The van der Waals surface area contributed by atoms with Gasteiger partial charge in [0, 0.05) is 17.3 Å². The van der Waals surface area contributed by atoms with E-state index in [4.69, 9.17) is 4.74 Å². The Kier molecular flexibility index (Phi) is 3.61. The second-order valence-electron chi connectivity index (χ2n) is 6.47. The number of aromatic nitrogens is 2. The highest BCUT2D eigenvalue weighted by molar-refractivity contribution is 5.89. The molecule has 3 aromatic carbocycles. The van der Waals surface area contributed by atoms with Gasteiger partial charge in [-0.2, -0.15) is 0 Å². The van der Waals surface area contributed by atoms with Crippen LogP contribution in [0.2, 0.25) is 0 Å². The number of aryl methyl sites for hydroxylation is 1. The Hall–Kier alpha value is -3.66. The van der Waals surface area contributed by atoms with Crippen molar-refractivity contribution in [3.8, 4) is 33.9 Å². The lowest BCUT2D eigenvalue weighted by atomic mass is 10.00. The van der Waals surface area contributed by atoms with Gasteiger partial charge in [0.15, 0.2) is 11.5 Å². The summed E-state index contributed by atoms with van der Waals surface area (Å²) in [4.78, 5) is 8.66. The molecule has 0 aliphatic carbocycles. The predicted molar refractivity (Wildman–Crippen MR) is 107 cm³/mol. The van der Waals surface area contributed by atoms with E-state index < -0.39 is 0 Å². The highest BCUT2D eigenvalue weighted by Gasteiger charge is 2.19. The van der Waals surface area contributed by atoms with Crippen molar-refractivity contribution < 1.29 is 4.74 Å². The van der Waals surface area contributed by atoms with Gasteiger partial charge < -0.3 is 10.1 Å². The van der Waals surface area contributed by atoms with Crippen LogP contribution in [0.3, 0.4) is 0 Å². The Morgan fingerprint density at radius 2 is 1.56 bits per heavy atom. The summed E-state index contributed by atoms with van der Waals surface area (Å²) in [6, 6.07) is 24.4. The van der Waals surface area contributed by atoms with E-state index >= 15 is 0 Å². The molecule has 4 nitrogen and oxygen atoms in total. The predicted octanol–water partition coefficient (Wildman–Crippen LogP) is 5.97. The number of hydrogen-bond acceptors (Lipinski definition) is 4. The summed E-state index contributed by atoms with van der Waals surface area (Å²) < 4.78 is 6.07. The molecule has 0 spiro atoms. The van der Waals surface area contributed by atoms with E-state index in [1.807, 2.05) is 49.4 Å². The average molecular weight is 351 g/mol. The van der Waals surface area contributed by atoms with Gasteiger partial charge in [-0.25, -0.2) is 9.97 Å². The number of para-hydroxylation sites is 3. The third kappa shape index (κ3) is 2.81. The SMILES string of the molecule is Cc1nccc(-c2ccc(-c3cccc4c3Nc3ccccc3O4)cc2)n1. The smallest absolute Gasteiger partial charge is 0.151 e. The monoisotopic (exact) mass is 351 g/mol. The van der Waals surface area contributed by atoms with Gasteiger partial charge in [-0.1, -0.05) is 48.5 Å². The highest BCUT2D eigenvalue weighted by Crippen LogP contribution is 2.46. The molecule has 0 unspecified atom stereocenters. The van der Waals surface area contributed by atoms with E-state index in [1.165, 1.54) is 0 Å². The molecule has 1 N–H and O–H groups in total. The first-order valence-corrected chi connectivity index (χ1v) is 8.85. The fraction of sp³-hybridized carbons (Fsp3) is 0.0435. The van der Waals surface area contributed by atoms with Gasteiger partial charge in [0.2, 0.25) is 0 Å². The number of anilines is 2. The van der Waals surface area contributed by atoms with Crippen molar-refractivity contribution in [3.05, 3.63) is 84.8 Å². The maximum Gasteiger partial charge on any atom is 0.151 e. The van der Waals surface area contributed by atoms with Crippen LogP contribution in [0.15, 0.2) is 79.0 Å². The van der Waals surface area contributed by atoms with E-state index in [0.717, 1.165) is 51.1 Å². The van der Waals surface area contributed by atoms with Gasteiger partial charge in [-0.05, 0) is 36.8 Å². The van der Waals surface area contributed by atoms with E-state index in [9.17, 15) is 0 Å². The van der Waals surface area contributed by atoms with Crippen molar-refractivity contribution in [2.75, 3.05) is 5.32 Å². The Morgan fingerprint density at radius 1 is 0.778 bits per heavy atom. The summed E-state index contributed by atoms with van der Waals surface area (Å²) in [6.45, 7) is 1.90. The van der Waals surface area contributed by atoms with Crippen LogP contribution in [0.1, 0.15) is 5.82 Å². The molecule has 0 saturated heterocycles. The van der Waals surface area contributed by atoms with Crippen LogP contribution < -0.4 is 10.1 Å². The first-order valence-electron chi connectivity index (χ1n) is 8.85. The first-order chi connectivity index (χ1) is 13.3. The number of fused-ring (bicyclic) bond motifs is 2. The molecule has 0 radical (unpaired) electrons. The number of nitrogens with one attached hydrogen (secondary N) is 1. The highest BCUT2D eigenvalue weighted by atomic mass is 16.5. The maximum atomic E-state index is 6.07. The van der Waals surface area contributed by atoms with Crippen molar-refractivity contribution in [1.29, 1.82) is 0 Å². The quantitative estimate of drug-likeness (QED) is 0.426. The van der Waals surface area contributed by atoms with Gasteiger partial charge in [0.1, 0.15) is 5.82 Å². The van der Waals surface area contributed by atoms with Crippen LogP contribution in [0.25, 0.3) is 22.4 Å². The van der Waals surface area contributed by atoms with Crippen molar-refractivity contribution in [1.82, 2.24) is 9.97 Å². The van der Waals surface area contributed by atoms with Gasteiger partial charge in [0.25, 0.3) is 0 Å². The number of benzene rings is 3. The topological polar surface area (TPSA) is 47.0 Å². The molecule has 27 heavy (non-hydrogen) atoms. The van der Waals surface area contributed by atoms with Crippen LogP contribution in [0.4, 0.5) is 11.4 Å². The lowest BCUT2D eigenvalue weighted by Crippen LogP contribution is -2.03. The average Bonchev–Trinajstić information content (AvgIpc) is 2.72. The number of hydrogen-bond donors (Lipinski definition) is 1. The molecule has 1 aliphatic heterocycles. The van der Waals surface area contributed by atoms with Gasteiger partial charge in [0.05, 0.1) is 17.1 Å².